The smallest absolute Gasteiger partial charge is 0.310 e. The molecule has 0 radical (unpaired) electrons. The van der Waals surface area contributed by atoms with E-state index in [1.807, 2.05) is 48.7 Å². The minimum Gasteiger partial charge on any atom is -0.481 e. The number of carbonyl (C=O) groups is 2. The number of ketones is 1. The van der Waals surface area contributed by atoms with E-state index in [0.717, 1.165) is 5.56 Å². The fourth-order valence-electron chi connectivity index (χ4n) is 3.50. The Labute approximate surface area is 197 Å². The van der Waals surface area contributed by atoms with Gasteiger partial charge in [-0.1, -0.05) is 44.2 Å². The molecule has 0 spiro atoms. The number of rotatable bonds is 10. The molecule has 0 saturated heterocycles. The Morgan fingerprint density at radius 1 is 1.15 bits per heavy atom. The number of aliphatic carboxylic acids is 1. The van der Waals surface area contributed by atoms with Gasteiger partial charge in [0.25, 0.3) is 0 Å². The monoisotopic (exact) mass is 484 g/mol. The molecule has 9 heteroatoms. The number of Topliss-reactive ketones (excluding diaryl/α,β-unsaturated/α-hetero) is 1. The van der Waals surface area contributed by atoms with E-state index >= 15 is 0 Å². The fraction of sp³-hybridized carbons (Fsp3) is 0.240. The van der Waals surface area contributed by atoms with Gasteiger partial charge in [-0.3, -0.25) is 18.7 Å². The van der Waals surface area contributed by atoms with Crippen LogP contribution in [0.4, 0.5) is 4.39 Å². The Balaban J connectivity index is 2.18. The summed E-state index contributed by atoms with van der Waals surface area (Å²) in [6.45, 7) is 3.94. The number of imidazole rings is 1. The predicted octanol–water partition coefficient (Wildman–Crippen LogP) is 5.74. The Hall–Kier alpha value is -3.35. The minimum absolute atomic E-state index is 0.0145. The van der Waals surface area contributed by atoms with Crippen molar-refractivity contribution in [1.82, 2.24) is 9.55 Å². The lowest BCUT2D eigenvalue weighted by Crippen LogP contribution is -2.11. The molecule has 0 bridgehead atoms. The van der Waals surface area contributed by atoms with E-state index in [2.05, 4.69) is 0 Å². The van der Waals surface area contributed by atoms with Crippen LogP contribution in [0.5, 0.6) is 0 Å². The first-order chi connectivity index (χ1) is 16.1. The Bertz CT molecular complexity index is 1250. The van der Waals surface area contributed by atoms with Crippen LogP contribution >= 0.6 is 7.37 Å². The average molecular weight is 484 g/mol. The topological polar surface area (TPSA) is 98.5 Å². The van der Waals surface area contributed by atoms with E-state index in [4.69, 9.17) is 14.6 Å². The van der Waals surface area contributed by atoms with Gasteiger partial charge in [0.2, 0.25) is 7.37 Å². The molecule has 7 nitrogen and oxygen atoms in total. The van der Waals surface area contributed by atoms with Gasteiger partial charge in [0, 0.05) is 24.2 Å². The molecule has 1 heterocycles. The molecular formula is C25H26FN2O5P. The number of nitrogens with zero attached hydrogens (tertiary/aromatic N) is 2. The second-order valence-corrected chi connectivity index (χ2v) is 10.5. The highest BCUT2D eigenvalue weighted by Gasteiger charge is 2.26. The summed E-state index contributed by atoms with van der Waals surface area (Å²) in [6, 6.07) is 15.4. The van der Waals surface area contributed by atoms with Crippen molar-refractivity contribution >= 4 is 25.2 Å². The number of carbonyl (C=O) groups excluding carboxylic acids is 1. The van der Waals surface area contributed by atoms with Crippen LogP contribution in [-0.2, 0) is 18.7 Å². The van der Waals surface area contributed by atoms with Crippen LogP contribution < -0.4 is 0 Å². The molecule has 0 amide bonds. The van der Waals surface area contributed by atoms with Gasteiger partial charge in [0.1, 0.15) is 18.1 Å². The van der Waals surface area contributed by atoms with Crippen LogP contribution in [-0.4, -0.2) is 39.7 Å². The summed E-state index contributed by atoms with van der Waals surface area (Å²) in [5, 5.41) is 8.84. The first-order valence-electron chi connectivity index (χ1n) is 10.6. The molecule has 2 aromatic carbocycles. The summed E-state index contributed by atoms with van der Waals surface area (Å²) < 4.78 is 33.8. The summed E-state index contributed by atoms with van der Waals surface area (Å²) in [5.41, 5.74) is 2.79. The van der Waals surface area contributed by atoms with Gasteiger partial charge in [-0.2, -0.15) is 0 Å². The number of halogens is 1. The van der Waals surface area contributed by atoms with Crippen molar-refractivity contribution in [3.8, 4) is 17.1 Å². The highest BCUT2D eigenvalue weighted by molar-refractivity contribution is 7.63. The van der Waals surface area contributed by atoms with Gasteiger partial charge in [-0.15, -0.1) is 0 Å². The molecule has 0 aliphatic heterocycles. The molecular weight excluding hydrogens is 458 g/mol. The van der Waals surface area contributed by atoms with E-state index < -0.39 is 31.7 Å². The Kier molecular flexibility index (Phi) is 7.97. The maximum atomic E-state index is 13.7. The number of hydrogen-bond acceptors (Lipinski definition) is 5. The van der Waals surface area contributed by atoms with Gasteiger partial charge in [-0.25, -0.2) is 9.37 Å². The van der Waals surface area contributed by atoms with Crippen LogP contribution in [0.2, 0.25) is 0 Å². The van der Waals surface area contributed by atoms with E-state index in [1.165, 1.54) is 25.1 Å². The summed E-state index contributed by atoms with van der Waals surface area (Å²) in [7, 11) is -2.39. The lowest BCUT2D eigenvalue weighted by atomic mass is 10.1. The molecule has 1 atom stereocenters. The molecule has 1 N–H and O–H groups in total. The van der Waals surface area contributed by atoms with E-state index in [1.54, 1.807) is 18.2 Å². The van der Waals surface area contributed by atoms with Gasteiger partial charge >= 0.3 is 5.97 Å². The van der Waals surface area contributed by atoms with Gasteiger partial charge in [0.15, 0.2) is 5.78 Å². The van der Waals surface area contributed by atoms with Crippen molar-refractivity contribution in [3.63, 3.8) is 0 Å². The third-order valence-electron chi connectivity index (χ3n) is 5.12. The van der Waals surface area contributed by atoms with Crippen LogP contribution in [0.25, 0.3) is 23.2 Å². The van der Waals surface area contributed by atoms with Crippen molar-refractivity contribution in [2.45, 2.75) is 26.2 Å². The SMILES string of the molecule is COP(=O)(C=Cc1c(C(C)C)nc(-c2ccccc2)n1-c1ccc(F)cc1)CC(=O)CC(=O)O. The fourth-order valence-corrected chi connectivity index (χ4v) is 4.83. The molecule has 1 unspecified atom stereocenters. The summed E-state index contributed by atoms with van der Waals surface area (Å²) in [6.07, 6.45) is 0.320. The van der Waals surface area contributed by atoms with Crippen molar-refractivity contribution in [2.75, 3.05) is 13.3 Å². The lowest BCUT2D eigenvalue weighted by molar-refractivity contribution is -0.139. The first kappa shape index (κ1) is 25.3. The third-order valence-corrected chi connectivity index (χ3v) is 7.13. The first-order valence-corrected chi connectivity index (χ1v) is 12.5. The number of hydrogen-bond donors (Lipinski definition) is 1. The molecule has 3 rings (SSSR count). The molecule has 178 valence electrons. The van der Waals surface area contributed by atoms with E-state index in [0.29, 0.717) is 22.9 Å². The van der Waals surface area contributed by atoms with Crippen molar-refractivity contribution in [2.24, 2.45) is 0 Å². The molecule has 0 fully saturated rings. The highest BCUT2D eigenvalue weighted by Crippen LogP contribution is 2.48. The summed E-state index contributed by atoms with van der Waals surface area (Å²) in [4.78, 5) is 27.7. The average Bonchev–Trinajstić information content (AvgIpc) is 3.18. The predicted molar refractivity (Wildman–Crippen MR) is 129 cm³/mol. The number of aromatic nitrogens is 2. The van der Waals surface area contributed by atoms with E-state index in [9.17, 15) is 18.5 Å². The normalized spacial score (nSPS) is 13.3. The van der Waals surface area contributed by atoms with Crippen LogP contribution in [0.1, 0.15) is 37.6 Å². The standard InChI is InChI=1S/C25H26FN2O5P/c1-17(2)24-22(13-14-34(32,33-3)16-21(29)15-23(30)31)28(20-11-9-19(26)10-12-20)25(27-24)18-7-5-4-6-8-18/h4-14,17H,15-16H2,1-3H3,(H,30,31). The molecule has 3 aromatic rings. The molecule has 0 aliphatic carbocycles. The Morgan fingerprint density at radius 2 is 1.79 bits per heavy atom. The zero-order chi connectivity index (χ0) is 24.9. The maximum absolute atomic E-state index is 13.7. The van der Waals surface area contributed by atoms with Crippen LogP contribution in [0, 0.1) is 5.82 Å². The van der Waals surface area contributed by atoms with Gasteiger partial charge < -0.3 is 9.63 Å². The van der Waals surface area contributed by atoms with Crippen molar-refractivity contribution in [3.05, 3.63) is 77.6 Å². The minimum atomic E-state index is -3.60. The van der Waals surface area contributed by atoms with Crippen LogP contribution in [0.3, 0.4) is 0 Å². The zero-order valence-corrected chi connectivity index (χ0v) is 20.0. The second-order valence-electron chi connectivity index (χ2n) is 8.03. The Morgan fingerprint density at radius 3 is 2.35 bits per heavy atom. The van der Waals surface area contributed by atoms with E-state index in [-0.39, 0.29) is 11.7 Å². The van der Waals surface area contributed by atoms with Crippen molar-refractivity contribution < 1.29 is 28.2 Å². The molecule has 1 aromatic heterocycles. The number of carboxylic acid groups (broad SMARTS) is 1. The zero-order valence-electron chi connectivity index (χ0n) is 19.1. The third kappa shape index (κ3) is 5.95. The molecule has 34 heavy (non-hydrogen) atoms. The molecule has 0 aliphatic rings. The maximum Gasteiger partial charge on any atom is 0.310 e. The largest absolute Gasteiger partial charge is 0.481 e. The number of benzene rings is 2. The molecule has 0 saturated carbocycles. The van der Waals surface area contributed by atoms with Crippen molar-refractivity contribution in [1.29, 1.82) is 0 Å². The summed E-state index contributed by atoms with van der Waals surface area (Å²) >= 11 is 0. The lowest BCUT2D eigenvalue weighted by Gasteiger charge is -2.14. The quantitative estimate of drug-likeness (QED) is 0.291. The summed E-state index contributed by atoms with van der Waals surface area (Å²) in [5.74, 6) is -0.454. The highest BCUT2D eigenvalue weighted by atomic mass is 31.2. The van der Waals surface area contributed by atoms with Gasteiger partial charge in [-0.05, 0) is 36.3 Å². The second kappa shape index (κ2) is 10.7. The van der Waals surface area contributed by atoms with Gasteiger partial charge in [0.05, 0.1) is 17.5 Å². The van der Waals surface area contributed by atoms with Crippen LogP contribution in [0.15, 0.2) is 60.4 Å². The number of carboxylic acids is 1.